The second-order valence-electron chi connectivity index (χ2n) is 4.15. The molecule has 0 spiro atoms. The molecule has 1 aliphatic rings. The minimum Gasteiger partial charge on any atom is -0.377 e. The van der Waals surface area contributed by atoms with Crippen molar-refractivity contribution < 1.29 is 4.74 Å². The molecule has 1 atom stereocenters. The topological polar surface area (TPSA) is 24.5 Å². The predicted octanol–water partition coefficient (Wildman–Crippen LogP) is 1.10. The van der Waals surface area contributed by atoms with Crippen molar-refractivity contribution in [2.45, 2.75) is 32.3 Å². The standard InChI is InChI=1S/C11H24N2O/c1-11-10-13(8-5-9-14-11)7-4-3-6-12-2/h11-12H,3-10H2,1-2H3. The van der Waals surface area contributed by atoms with Crippen LogP contribution in [-0.4, -0.2) is 50.8 Å². The molecule has 0 aromatic carbocycles. The number of hydrogen-bond acceptors (Lipinski definition) is 3. The summed E-state index contributed by atoms with van der Waals surface area (Å²) >= 11 is 0. The first kappa shape index (κ1) is 12.0. The molecule has 84 valence electrons. The van der Waals surface area contributed by atoms with E-state index < -0.39 is 0 Å². The van der Waals surface area contributed by atoms with Crippen LogP contribution in [0, 0.1) is 0 Å². The van der Waals surface area contributed by atoms with Crippen LogP contribution < -0.4 is 5.32 Å². The second-order valence-corrected chi connectivity index (χ2v) is 4.15. The lowest BCUT2D eigenvalue weighted by atomic mass is 10.2. The van der Waals surface area contributed by atoms with E-state index in [2.05, 4.69) is 17.1 Å². The van der Waals surface area contributed by atoms with Crippen molar-refractivity contribution in [3.8, 4) is 0 Å². The van der Waals surface area contributed by atoms with E-state index in [1.165, 1.54) is 32.4 Å². The molecule has 1 N–H and O–H groups in total. The molecular formula is C11H24N2O. The highest BCUT2D eigenvalue weighted by Gasteiger charge is 2.13. The van der Waals surface area contributed by atoms with Gasteiger partial charge in [0.05, 0.1) is 6.10 Å². The largest absolute Gasteiger partial charge is 0.377 e. The summed E-state index contributed by atoms with van der Waals surface area (Å²) in [6, 6.07) is 0. The van der Waals surface area contributed by atoms with E-state index in [1.807, 2.05) is 7.05 Å². The van der Waals surface area contributed by atoms with Crippen LogP contribution in [0.1, 0.15) is 26.2 Å². The Bertz CT molecular complexity index is 141. The lowest BCUT2D eigenvalue weighted by Gasteiger charge is -2.21. The first-order valence-corrected chi connectivity index (χ1v) is 5.81. The maximum atomic E-state index is 5.61. The molecule has 14 heavy (non-hydrogen) atoms. The Morgan fingerprint density at radius 3 is 3.07 bits per heavy atom. The van der Waals surface area contributed by atoms with Gasteiger partial charge in [0.2, 0.25) is 0 Å². The summed E-state index contributed by atoms with van der Waals surface area (Å²) in [5.41, 5.74) is 0. The SMILES string of the molecule is CNCCCCN1CCCOC(C)C1. The molecule has 0 aromatic rings. The van der Waals surface area contributed by atoms with Gasteiger partial charge in [-0.1, -0.05) is 0 Å². The highest BCUT2D eigenvalue weighted by Crippen LogP contribution is 2.06. The summed E-state index contributed by atoms with van der Waals surface area (Å²) in [6.45, 7) is 7.80. The van der Waals surface area contributed by atoms with Crippen molar-refractivity contribution >= 4 is 0 Å². The smallest absolute Gasteiger partial charge is 0.0673 e. The van der Waals surface area contributed by atoms with E-state index in [0.29, 0.717) is 6.10 Å². The zero-order valence-corrected chi connectivity index (χ0v) is 9.59. The van der Waals surface area contributed by atoms with Gasteiger partial charge >= 0.3 is 0 Å². The minimum atomic E-state index is 0.418. The zero-order chi connectivity index (χ0) is 10.2. The third-order valence-electron chi connectivity index (χ3n) is 2.69. The van der Waals surface area contributed by atoms with Gasteiger partial charge < -0.3 is 15.0 Å². The molecule has 0 bridgehead atoms. The average Bonchev–Trinajstić information content (AvgIpc) is 2.38. The molecule has 0 aliphatic carbocycles. The van der Waals surface area contributed by atoms with E-state index in [0.717, 1.165) is 19.7 Å². The predicted molar refractivity (Wildman–Crippen MR) is 59.6 cm³/mol. The molecule has 1 rings (SSSR count). The number of nitrogens with zero attached hydrogens (tertiary/aromatic N) is 1. The van der Waals surface area contributed by atoms with Crippen molar-refractivity contribution in [3.63, 3.8) is 0 Å². The van der Waals surface area contributed by atoms with E-state index in [1.54, 1.807) is 0 Å². The van der Waals surface area contributed by atoms with Gasteiger partial charge in [0.25, 0.3) is 0 Å². The molecule has 0 amide bonds. The summed E-state index contributed by atoms with van der Waals surface area (Å²) in [6.07, 6.45) is 4.19. The first-order valence-electron chi connectivity index (χ1n) is 5.81. The van der Waals surface area contributed by atoms with Crippen molar-refractivity contribution in [2.24, 2.45) is 0 Å². The average molecular weight is 200 g/mol. The number of nitrogens with one attached hydrogen (secondary N) is 1. The van der Waals surface area contributed by atoms with Gasteiger partial charge in [0.15, 0.2) is 0 Å². The van der Waals surface area contributed by atoms with Crippen LogP contribution in [0.3, 0.4) is 0 Å². The number of rotatable bonds is 5. The summed E-state index contributed by atoms with van der Waals surface area (Å²) in [5.74, 6) is 0. The maximum absolute atomic E-state index is 5.61. The molecule has 0 saturated carbocycles. The molecule has 1 fully saturated rings. The van der Waals surface area contributed by atoms with Crippen molar-refractivity contribution in [1.29, 1.82) is 0 Å². The molecule has 1 aliphatic heterocycles. The Morgan fingerprint density at radius 1 is 1.43 bits per heavy atom. The van der Waals surface area contributed by atoms with Gasteiger partial charge in [0.1, 0.15) is 0 Å². The number of hydrogen-bond donors (Lipinski definition) is 1. The van der Waals surface area contributed by atoms with Crippen molar-refractivity contribution in [3.05, 3.63) is 0 Å². The molecule has 0 radical (unpaired) electrons. The maximum Gasteiger partial charge on any atom is 0.0673 e. The van der Waals surface area contributed by atoms with Crippen LogP contribution in [0.4, 0.5) is 0 Å². The Balaban J connectivity index is 2.09. The van der Waals surface area contributed by atoms with Gasteiger partial charge in [-0.05, 0) is 46.3 Å². The van der Waals surface area contributed by atoms with Crippen LogP contribution in [-0.2, 0) is 4.74 Å². The number of unbranched alkanes of at least 4 members (excludes halogenated alkanes) is 1. The fraction of sp³-hybridized carbons (Fsp3) is 1.00. The Labute approximate surface area is 87.8 Å². The molecule has 3 nitrogen and oxygen atoms in total. The normalized spacial score (nSPS) is 24.9. The summed E-state index contributed by atoms with van der Waals surface area (Å²) in [5, 5.41) is 3.18. The van der Waals surface area contributed by atoms with Crippen LogP contribution in [0.25, 0.3) is 0 Å². The van der Waals surface area contributed by atoms with Gasteiger partial charge in [-0.3, -0.25) is 0 Å². The molecule has 0 aromatic heterocycles. The van der Waals surface area contributed by atoms with Gasteiger partial charge in [-0.25, -0.2) is 0 Å². The molecular weight excluding hydrogens is 176 g/mol. The van der Waals surface area contributed by atoms with E-state index in [-0.39, 0.29) is 0 Å². The zero-order valence-electron chi connectivity index (χ0n) is 9.59. The monoisotopic (exact) mass is 200 g/mol. The lowest BCUT2D eigenvalue weighted by Crippen LogP contribution is -2.31. The highest BCUT2D eigenvalue weighted by atomic mass is 16.5. The van der Waals surface area contributed by atoms with Gasteiger partial charge in [-0.15, -0.1) is 0 Å². The third-order valence-corrected chi connectivity index (χ3v) is 2.69. The van der Waals surface area contributed by atoms with E-state index >= 15 is 0 Å². The summed E-state index contributed by atoms with van der Waals surface area (Å²) in [4.78, 5) is 2.54. The third kappa shape index (κ3) is 4.94. The quantitative estimate of drug-likeness (QED) is 0.673. The van der Waals surface area contributed by atoms with Crippen LogP contribution in [0.5, 0.6) is 0 Å². The lowest BCUT2D eigenvalue weighted by molar-refractivity contribution is 0.0676. The number of ether oxygens (including phenoxy) is 1. The van der Waals surface area contributed by atoms with Crippen molar-refractivity contribution in [1.82, 2.24) is 10.2 Å². The van der Waals surface area contributed by atoms with Crippen LogP contribution in [0.2, 0.25) is 0 Å². The van der Waals surface area contributed by atoms with Gasteiger partial charge in [0, 0.05) is 19.7 Å². The molecule has 3 heteroatoms. The van der Waals surface area contributed by atoms with Crippen LogP contribution >= 0.6 is 0 Å². The second kappa shape index (κ2) is 7.21. The van der Waals surface area contributed by atoms with Gasteiger partial charge in [-0.2, -0.15) is 0 Å². The summed E-state index contributed by atoms with van der Waals surface area (Å²) in [7, 11) is 2.02. The van der Waals surface area contributed by atoms with E-state index in [9.17, 15) is 0 Å². The Morgan fingerprint density at radius 2 is 2.29 bits per heavy atom. The first-order chi connectivity index (χ1) is 6.83. The van der Waals surface area contributed by atoms with Crippen LogP contribution in [0.15, 0.2) is 0 Å². The fourth-order valence-electron chi connectivity index (χ4n) is 1.92. The molecule has 1 heterocycles. The van der Waals surface area contributed by atoms with E-state index in [4.69, 9.17) is 4.74 Å². The summed E-state index contributed by atoms with van der Waals surface area (Å²) < 4.78 is 5.61. The molecule has 1 saturated heterocycles. The van der Waals surface area contributed by atoms with Crippen molar-refractivity contribution in [2.75, 3.05) is 39.8 Å². The minimum absolute atomic E-state index is 0.418. The fourth-order valence-corrected chi connectivity index (χ4v) is 1.92. The Hall–Kier alpha value is -0.120. The Kier molecular flexibility index (Phi) is 6.15. The molecule has 1 unspecified atom stereocenters. The highest BCUT2D eigenvalue weighted by molar-refractivity contribution is 4.66.